The maximum Gasteiger partial charge on any atom is 0.347 e. The molecule has 0 aromatic heterocycles. The Morgan fingerprint density at radius 3 is 1.43 bits per heavy atom. The lowest BCUT2D eigenvalue weighted by Gasteiger charge is -2.60. The highest BCUT2D eigenvalue weighted by Gasteiger charge is 2.66. The van der Waals surface area contributed by atoms with Gasteiger partial charge in [0.05, 0.1) is 56.9 Å². The highest BCUT2D eigenvalue weighted by atomic mass is 32.2. The van der Waals surface area contributed by atoms with E-state index < -0.39 is 85.5 Å². The van der Waals surface area contributed by atoms with Gasteiger partial charge >= 0.3 is 41.8 Å². The van der Waals surface area contributed by atoms with Gasteiger partial charge in [0.1, 0.15) is 23.4 Å². The third-order valence-corrected chi connectivity index (χ3v) is 25.7. The normalized spacial score (nSPS) is 31.8. The molecular weight excluding hydrogens is 1320 g/mol. The van der Waals surface area contributed by atoms with Gasteiger partial charge < -0.3 is 43.0 Å². The highest BCUT2D eigenvalue weighted by molar-refractivity contribution is 7.99. The molecule has 9 atom stereocenters. The molecule has 594 valence electrons. The van der Waals surface area contributed by atoms with Crippen LogP contribution in [0.4, 0.5) is 0 Å². The van der Waals surface area contributed by atoms with Crippen LogP contribution in [0.2, 0.25) is 0 Å². The number of esters is 7. The Morgan fingerprint density at radius 2 is 1.00 bits per heavy atom. The van der Waals surface area contributed by atoms with Crippen LogP contribution in [0.25, 0.3) is 0 Å². The number of rotatable bonds is 18. The predicted octanol–water partition coefficient (Wildman–Crippen LogP) is 18.3. The van der Waals surface area contributed by atoms with Crippen LogP contribution in [0.1, 0.15) is 313 Å². The molecule has 0 amide bonds. The molecule has 3 aliphatic heterocycles. The fourth-order valence-electron chi connectivity index (χ4n) is 15.7. The molecule has 21 heteroatoms. The minimum Gasteiger partial charge on any atom is -0.463 e. The lowest BCUT2D eigenvalue weighted by Crippen LogP contribution is -2.61. The molecule has 10 bridgehead atoms. The van der Waals surface area contributed by atoms with Crippen molar-refractivity contribution in [2.24, 2.45) is 74.4 Å². The van der Waals surface area contributed by atoms with Crippen LogP contribution in [0, 0.1) is 74.4 Å². The van der Waals surface area contributed by atoms with Crippen LogP contribution >= 0.6 is 11.8 Å². The second kappa shape index (κ2) is 40.3. The van der Waals surface area contributed by atoms with Crippen LogP contribution in [0.5, 0.6) is 0 Å². The van der Waals surface area contributed by atoms with E-state index in [1.54, 1.807) is 39.5 Å². The summed E-state index contributed by atoms with van der Waals surface area (Å²) in [6.45, 7) is 31.5. The molecule has 3 heterocycles. The Bertz CT molecular complexity index is 2630. The van der Waals surface area contributed by atoms with Crippen LogP contribution in [-0.2, 0) is 85.8 Å². The van der Waals surface area contributed by atoms with Gasteiger partial charge in [-0.3, -0.25) is 28.2 Å². The van der Waals surface area contributed by atoms with Gasteiger partial charge in [-0.15, -0.1) is 0 Å². The smallest absolute Gasteiger partial charge is 0.347 e. The molecule has 0 radical (unpaired) electrons. The largest absolute Gasteiger partial charge is 0.463 e. The number of ether oxygens (including phenoxy) is 8. The number of carbonyl (C=O) groups excluding carboxylic acids is 7. The average molecular weight is 1470 g/mol. The van der Waals surface area contributed by atoms with Crippen molar-refractivity contribution in [3.05, 3.63) is 0 Å². The monoisotopic (exact) mass is 1470 g/mol. The second-order valence-corrected chi connectivity index (χ2v) is 34.5. The second-order valence-electron chi connectivity index (χ2n) is 31.6. The van der Waals surface area contributed by atoms with E-state index in [0.29, 0.717) is 75.4 Å². The molecule has 0 aromatic carbocycles. The van der Waals surface area contributed by atoms with Crippen molar-refractivity contribution in [1.29, 1.82) is 0 Å². The Kier molecular flexibility index (Phi) is 41.4. The molecule has 13 fully saturated rings. The Morgan fingerprint density at radius 1 is 0.550 bits per heavy atom. The summed E-state index contributed by atoms with van der Waals surface area (Å²) in [6, 6.07) is 0. The summed E-state index contributed by atoms with van der Waals surface area (Å²) in [5.74, 6) is 3.85. The average Bonchev–Trinajstić information content (AvgIpc) is 1.29. The van der Waals surface area contributed by atoms with Gasteiger partial charge in [-0.1, -0.05) is 116 Å². The van der Waals surface area contributed by atoms with E-state index in [4.69, 9.17) is 42.1 Å². The van der Waals surface area contributed by atoms with E-state index in [1.165, 1.54) is 38.5 Å². The summed E-state index contributed by atoms with van der Waals surface area (Å²) in [7, 11) is -3.53. The molecule has 3 saturated heterocycles. The zero-order valence-corrected chi connectivity index (χ0v) is 58.9. The molecule has 1 N–H and O–H groups in total. The molecule has 9 unspecified atom stereocenters. The van der Waals surface area contributed by atoms with Gasteiger partial charge in [0, 0.05) is 30.4 Å². The molecule has 0 aromatic rings. The van der Waals surface area contributed by atoms with Crippen molar-refractivity contribution in [2.75, 3.05) is 31.3 Å². The maximum absolute atomic E-state index is 12.6. The first-order chi connectivity index (χ1) is 41.9. The number of cyclic esters (lactones) is 1. The minimum atomic E-state index is -3.53. The molecule has 19 nitrogen and oxygen atoms in total. The number of hydrogen-bond donors (Lipinski definition) is 1. The summed E-state index contributed by atoms with van der Waals surface area (Å²) in [5, 5.41) is 10.2. The van der Waals surface area contributed by atoms with Crippen molar-refractivity contribution in [2.45, 2.75) is 360 Å². The SMILES string of the molecule is C.C.C.C.C.C.C.C.C.C.CCC(C)(C)C(=O)OC1(CC)C2CC3CC(C2)CC1C3.CCC(C)(C)C(=O)OC12CC3CC(CC(O)(C3)C1)C2.CCC(C)(C)C(=O)OC1CCOC1=O.CCC(C)(C)C(=O)OC1CSCCO1.CCC(C)(C)C(=O)OCC(=O)OC1C2CC3C1OS(=O)(=O)C3C2. The molecular formula is C79H152O19S2. The predicted molar refractivity (Wildman–Crippen MR) is 406 cm³/mol. The lowest BCUT2D eigenvalue weighted by molar-refractivity contribution is -0.225. The Balaban J connectivity index is -0.000000569. The summed E-state index contributed by atoms with van der Waals surface area (Å²) >= 11 is 1.76. The number of hydrogen-bond acceptors (Lipinski definition) is 20. The topological polar surface area (TPSA) is 257 Å². The first-order valence-electron chi connectivity index (χ1n) is 34.1. The zero-order valence-electron chi connectivity index (χ0n) is 57.3. The van der Waals surface area contributed by atoms with E-state index in [1.807, 2.05) is 69.2 Å². The van der Waals surface area contributed by atoms with Gasteiger partial charge in [-0.2, -0.15) is 20.2 Å². The fourth-order valence-corrected chi connectivity index (χ4v) is 18.3. The Labute approximate surface area is 615 Å². The summed E-state index contributed by atoms with van der Waals surface area (Å²) in [4.78, 5) is 83.0. The van der Waals surface area contributed by atoms with Gasteiger partial charge in [0.15, 0.2) is 6.61 Å². The number of aliphatic hydroxyl groups is 1. The van der Waals surface area contributed by atoms with E-state index in [2.05, 4.69) is 13.8 Å². The van der Waals surface area contributed by atoms with Crippen molar-refractivity contribution in [3.8, 4) is 0 Å². The third-order valence-electron chi connectivity index (χ3n) is 23.0. The van der Waals surface area contributed by atoms with E-state index in [0.717, 1.165) is 74.7 Å². The quantitative estimate of drug-likeness (QED) is 0.0760. The molecule has 100 heavy (non-hydrogen) atoms. The van der Waals surface area contributed by atoms with E-state index in [9.17, 15) is 47.1 Å². The van der Waals surface area contributed by atoms with E-state index >= 15 is 0 Å². The lowest BCUT2D eigenvalue weighted by atomic mass is 9.49. The van der Waals surface area contributed by atoms with Crippen molar-refractivity contribution in [1.82, 2.24) is 0 Å². The highest BCUT2D eigenvalue weighted by Crippen LogP contribution is 2.62. The third kappa shape index (κ3) is 23.7. The summed E-state index contributed by atoms with van der Waals surface area (Å²) < 4.78 is 71.8. The van der Waals surface area contributed by atoms with Crippen LogP contribution in [0.15, 0.2) is 0 Å². The van der Waals surface area contributed by atoms with Crippen molar-refractivity contribution in [3.63, 3.8) is 0 Å². The number of carbonyl (C=O) groups is 7. The molecule has 10 aliphatic carbocycles. The molecule has 0 spiro atoms. The summed E-state index contributed by atoms with van der Waals surface area (Å²) in [5.41, 5.74) is -3.36. The number of thioether (sulfide) groups is 1. The maximum atomic E-state index is 12.6. The van der Waals surface area contributed by atoms with Crippen molar-refractivity contribution < 1.29 is 89.2 Å². The van der Waals surface area contributed by atoms with Gasteiger partial charge in [0.25, 0.3) is 10.1 Å². The fraction of sp³-hybridized carbons (Fsp3) is 0.911. The van der Waals surface area contributed by atoms with Gasteiger partial charge in [0.2, 0.25) is 12.4 Å². The molecule has 13 aliphatic rings. The summed E-state index contributed by atoms with van der Waals surface area (Å²) in [6.07, 6.45) is 16.6. The van der Waals surface area contributed by atoms with Crippen molar-refractivity contribution >= 4 is 63.7 Å². The first-order valence-corrected chi connectivity index (χ1v) is 36.7. The van der Waals surface area contributed by atoms with Crippen LogP contribution in [0.3, 0.4) is 0 Å². The van der Waals surface area contributed by atoms with Gasteiger partial charge in [-0.25, -0.2) is 9.59 Å². The van der Waals surface area contributed by atoms with Gasteiger partial charge in [-0.05, 0) is 220 Å². The molecule has 10 saturated carbocycles. The standard InChI is InChI=1S/C18H30O2.C16H26O3.C15H22O7S.C10H16O4.C10H18O3S.10CH4/c1-5-17(3,4)16(19)20-18(6-2)14-8-12-7-13(10-14)11-15(18)9-12;1-4-14(2,3)13(17)19-16-8-11-5-12(9-16)7-15(18,6-11)10-16;1-4-15(2,3)14(17)20-7-11(16)21-12-8-5-9-10(6-8)23(18,19)22-13(9)12;1-4-10(2,3)9(12)14-7-5-6-13-8(7)11;1-4-10(2,3)9(11)13-8-7-14-6-5-12-8;;;;;;;;;;/h12-15H,5-11H2,1-4H3;11-12,18H,4-10H2,1-3H3;8-10,12-13H,4-7H2,1-3H3;7H,4-6H2,1-3H3;8H,4-7H2,1-3H3;10*1H4. The first kappa shape index (κ1) is 103. The van der Waals surface area contributed by atoms with Crippen LogP contribution in [-0.4, -0.2) is 133 Å². The zero-order chi connectivity index (χ0) is 66.8. The Hall–Kier alpha value is -3.53. The number of fused-ring (bicyclic) bond motifs is 1. The molecule has 13 rings (SSSR count). The minimum absolute atomic E-state index is 0. The van der Waals surface area contributed by atoms with Crippen LogP contribution < -0.4 is 0 Å². The van der Waals surface area contributed by atoms with E-state index in [-0.39, 0.29) is 133 Å².